The van der Waals surface area contributed by atoms with Gasteiger partial charge in [-0.3, -0.25) is 0 Å². The minimum Gasteiger partial charge on any atom is -0.373 e. The first-order valence-corrected chi connectivity index (χ1v) is 7.67. The van der Waals surface area contributed by atoms with Crippen molar-refractivity contribution in [3.63, 3.8) is 0 Å². The Balaban J connectivity index is 1.98. The van der Waals surface area contributed by atoms with Gasteiger partial charge in [-0.2, -0.15) is 11.8 Å². The maximum Gasteiger partial charge on any atom is 0.134 e. The molecule has 1 saturated carbocycles. The smallest absolute Gasteiger partial charge is 0.134 e. The summed E-state index contributed by atoms with van der Waals surface area (Å²) in [6.07, 6.45) is 5.43. The van der Waals surface area contributed by atoms with Crippen LogP contribution in [0.25, 0.3) is 0 Å². The number of rotatable bonds is 5. The van der Waals surface area contributed by atoms with E-state index in [1.165, 1.54) is 25.0 Å². The molecule has 1 aliphatic carbocycles. The lowest BCUT2D eigenvalue weighted by molar-refractivity contribution is 0.750. The van der Waals surface area contributed by atoms with E-state index in [-0.39, 0.29) is 0 Å². The molecule has 0 radical (unpaired) electrons. The lowest BCUT2D eigenvalue weighted by Crippen LogP contribution is -2.18. The summed E-state index contributed by atoms with van der Waals surface area (Å²) in [6.45, 7) is 4.29. The molecule has 5 heteroatoms. The zero-order valence-electron chi connectivity index (χ0n) is 11.4. The monoisotopic (exact) mass is 266 g/mol. The van der Waals surface area contributed by atoms with Crippen LogP contribution in [0.2, 0.25) is 0 Å². The van der Waals surface area contributed by atoms with Crippen molar-refractivity contribution < 1.29 is 0 Å². The van der Waals surface area contributed by atoms with E-state index in [2.05, 4.69) is 46.2 Å². The molecule has 100 valence electrons. The standard InChI is InChI=1S/C13H22N4S/c1-4-18-11-6-5-10(7-11)17-13-9(2)12(14-3)15-8-16-13/h8,10-11H,4-7H2,1-3H3,(H2,14,15,16,17). The van der Waals surface area contributed by atoms with Gasteiger partial charge in [0.15, 0.2) is 0 Å². The van der Waals surface area contributed by atoms with Gasteiger partial charge in [-0.05, 0) is 31.9 Å². The van der Waals surface area contributed by atoms with Crippen LogP contribution >= 0.6 is 11.8 Å². The Morgan fingerprint density at radius 3 is 2.83 bits per heavy atom. The molecular formula is C13H22N4S. The third kappa shape index (κ3) is 3.07. The summed E-state index contributed by atoms with van der Waals surface area (Å²) >= 11 is 2.08. The quantitative estimate of drug-likeness (QED) is 0.858. The van der Waals surface area contributed by atoms with E-state index < -0.39 is 0 Å². The highest BCUT2D eigenvalue weighted by atomic mass is 32.2. The van der Waals surface area contributed by atoms with Gasteiger partial charge in [-0.15, -0.1) is 0 Å². The molecule has 0 saturated heterocycles. The van der Waals surface area contributed by atoms with Gasteiger partial charge >= 0.3 is 0 Å². The van der Waals surface area contributed by atoms with E-state index in [0.29, 0.717) is 6.04 Å². The first-order valence-electron chi connectivity index (χ1n) is 6.62. The predicted molar refractivity (Wildman–Crippen MR) is 79.5 cm³/mol. The predicted octanol–water partition coefficient (Wildman–Crippen LogP) is 2.91. The van der Waals surface area contributed by atoms with Crippen LogP contribution in [0, 0.1) is 6.92 Å². The van der Waals surface area contributed by atoms with Gasteiger partial charge in [0.05, 0.1) is 0 Å². The second kappa shape index (κ2) is 6.27. The third-order valence-electron chi connectivity index (χ3n) is 3.45. The molecule has 1 heterocycles. The van der Waals surface area contributed by atoms with Crippen molar-refractivity contribution in [2.45, 2.75) is 44.4 Å². The third-order valence-corrected chi connectivity index (χ3v) is 4.68. The van der Waals surface area contributed by atoms with Crippen LogP contribution in [0.4, 0.5) is 11.6 Å². The molecule has 1 aromatic rings. The average Bonchev–Trinajstić information content (AvgIpc) is 2.80. The number of nitrogens with zero attached hydrogens (tertiary/aromatic N) is 2. The van der Waals surface area contributed by atoms with Crippen LogP contribution in [0.15, 0.2) is 6.33 Å². The largest absolute Gasteiger partial charge is 0.373 e. The van der Waals surface area contributed by atoms with Crippen molar-refractivity contribution in [1.82, 2.24) is 9.97 Å². The molecule has 4 nitrogen and oxygen atoms in total. The molecule has 2 rings (SSSR count). The van der Waals surface area contributed by atoms with Crippen LogP contribution in [-0.4, -0.2) is 34.1 Å². The first-order chi connectivity index (χ1) is 8.74. The van der Waals surface area contributed by atoms with Crippen molar-refractivity contribution in [2.75, 3.05) is 23.4 Å². The molecule has 0 aromatic carbocycles. The van der Waals surface area contributed by atoms with E-state index in [4.69, 9.17) is 0 Å². The minimum atomic E-state index is 0.562. The van der Waals surface area contributed by atoms with Crippen LogP contribution in [0.5, 0.6) is 0 Å². The zero-order valence-corrected chi connectivity index (χ0v) is 12.2. The van der Waals surface area contributed by atoms with E-state index in [0.717, 1.165) is 22.4 Å². The number of aromatic nitrogens is 2. The molecular weight excluding hydrogens is 244 g/mol. The molecule has 2 N–H and O–H groups in total. The summed E-state index contributed by atoms with van der Waals surface area (Å²) in [7, 11) is 1.89. The van der Waals surface area contributed by atoms with Crippen molar-refractivity contribution in [2.24, 2.45) is 0 Å². The lowest BCUT2D eigenvalue weighted by Gasteiger charge is -2.16. The molecule has 1 fully saturated rings. The van der Waals surface area contributed by atoms with Crippen molar-refractivity contribution >= 4 is 23.4 Å². The summed E-state index contributed by atoms with van der Waals surface area (Å²) in [4.78, 5) is 8.56. The Hall–Kier alpha value is -0.970. The molecule has 0 amide bonds. The molecule has 0 aliphatic heterocycles. The summed E-state index contributed by atoms with van der Waals surface area (Å²) < 4.78 is 0. The normalized spacial score (nSPS) is 23.1. The summed E-state index contributed by atoms with van der Waals surface area (Å²) in [5, 5.41) is 7.48. The molecule has 2 atom stereocenters. The second-order valence-electron chi connectivity index (χ2n) is 4.68. The Kier molecular flexibility index (Phi) is 4.69. The van der Waals surface area contributed by atoms with E-state index in [9.17, 15) is 0 Å². The van der Waals surface area contributed by atoms with Crippen molar-refractivity contribution in [1.29, 1.82) is 0 Å². The number of hydrogen-bond donors (Lipinski definition) is 2. The van der Waals surface area contributed by atoms with Crippen molar-refractivity contribution in [3.05, 3.63) is 11.9 Å². The Bertz CT molecular complexity index is 397. The van der Waals surface area contributed by atoms with Gasteiger partial charge in [0.25, 0.3) is 0 Å². The lowest BCUT2D eigenvalue weighted by atomic mass is 10.2. The second-order valence-corrected chi connectivity index (χ2v) is 6.25. The van der Waals surface area contributed by atoms with Crippen LogP contribution in [0.3, 0.4) is 0 Å². The maximum atomic E-state index is 4.35. The first kappa shape index (κ1) is 13.5. The summed E-state index contributed by atoms with van der Waals surface area (Å²) in [6, 6.07) is 0.562. The van der Waals surface area contributed by atoms with Gasteiger partial charge in [-0.1, -0.05) is 6.92 Å². The highest BCUT2D eigenvalue weighted by molar-refractivity contribution is 7.99. The maximum absolute atomic E-state index is 4.35. The molecule has 1 aliphatic rings. The molecule has 2 unspecified atom stereocenters. The van der Waals surface area contributed by atoms with Gasteiger partial charge in [0.1, 0.15) is 18.0 Å². The van der Waals surface area contributed by atoms with Gasteiger partial charge in [0.2, 0.25) is 0 Å². The number of hydrogen-bond acceptors (Lipinski definition) is 5. The van der Waals surface area contributed by atoms with Crippen molar-refractivity contribution in [3.8, 4) is 0 Å². The summed E-state index contributed by atoms with van der Waals surface area (Å²) in [5.41, 5.74) is 1.10. The molecule has 1 aromatic heterocycles. The fourth-order valence-corrected chi connectivity index (χ4v) is 3.64. The Morgan fingerprint density at radius 2 is 2.11 bits per heavy atom. The van der Waals surface area contributed by atoms with Gasteiger partial charge in [-0.25, -0.2) is 9.97 Å². The van der Waals surface area contributed by atoms with Gasteiger partial charge < -0.3 is 10.6 Å². The van der Waals surface area contributed by atoms with Gasteiger partial charge in [0, 0.05) is 23.9 Å². The number of nitrogens with one attached hydrogen (secondary N) is 2. The Morgan fingerprint density at radius 1 is 1.33 bits per heavy atom. The SMILES string of the molecule is CCSC1CCC(Nc2ncnc(NC)c2C)C1. The molecule has 18 heavy (non-hydrogen) atoms. The number of thioether (sulfide) groups is 1. The fraction of sp³-hybridized carbons (Fsp3) is 0.692. The van der Waals surface area contributed by atoms with Crippen LogP contribution in [0.1, 0.15) is 31.7 Å². The highest BCUT2D eigenvalue weighted by Gasteiger charge is 2.25. The number of anilines is 2. The molecule has 0 spiro atoms. The van der Waals surface area contributed by atoms with E-state index in [1.54, 1.807) is 6.33 Å². The minimum absolute atomic E-state index is 0.562. The Labute approximate surface area is 113 Å². The summed E-state index contributed by atoms with van der Waals surface area (Å²) in [5.74, 6) is 3.10. The topological polar surface area (TPSA) is 49.8 Å². The van der Waals surface area contributed by atoms with E-state index >= 15 is 0 Å². The van der Waals surface area contributed by atoms with Crippen LogP contribution < -0.4 is 10.6 Å². The molecule has 0 bridgehead atoms. The average molecular weight is 266 g/mol. The fourth-order valence-electron chi connectivity index (χ4n) is 2.50. The zero-order chi connectivity index (χ0) is 13.0. The van der Waals surface area contributed by atoms with E-state index in [1.807, 2.05) is 7.05 Å². The van der Waals surface area contributed by atoms with Crippen LogP contribution in [-0.2, 0) is 0 Å². The highest BCUT2D eigenvalue weighted by Crippen LogP contribution is 2.32.